The van der Waals surface area contributed by atoms with E-state index in [-0.39, 0.29) is 29.9 Å². The van der Waals surface area contributed by atoms with Gasteiger partial charge < -0.3 is 5.32 Å². The van der Waals surface area contributed by atoms with Gasteiger partial charge >= 0.3 is 0 Å². The lowest BCUT2D eigenvalue weighted by molar-refractivity contribution is -0.120. The van der Waals surface area contributed by atoms with Crippen LogP contribution >= 0.6 is 11.6 Å². The van der Waals surface area contributed by atoms with Crippen LogP contribution in [0.4, 0.5) is 0 Å². The van der Waals surface area contributed by atoms with Crippen LogP contribution in [0.5, 0.6) is 0 Å². The summed E-state index contributed by atoms with van der Waals surface area (Å²) in [6.07, 6.45) is 0.723. The van der Waals surface area contributed by atoms with Crippen LogP contribution < -0.4 is 5.32 Å². The Morgan fingerprint density at radius 1 is 1.44 bits per heavy atom. The monoisotopic (exact) mass is 287 g/mol. The summed E-state index contributed by atoms with van der Waals surface area (Å²) in [5.41, 5.74) is 0.820. The van der Waals surface area contributed by atoms with E-state index >= 15 is 0 Å². The topological polar surface area (TPSA) is 63.2 Å². The van der Waals surface area contributed by atoms with Crippen molar-refractivity contribution in [2.45, 2.75) is 18.9 Å². The average Bonchev–Trinajstić information content (AvgIpc) is 2.57. The molecule has 18 heavy (non-hydrogen) atoms. The molecule has 0 aromatic heterocycles. The quantitative estimate of drug-likeness (QED) is 0.908. The fraction of sp³-hybridized carbons (Fsp3) is 0.417. The highest BCUT2D eigenvalue weighted by Gasteiger charge is 2.28. The van der Waals surface area contributed by atoms with Crippen molar-refractivity contribution >= 4 is 27.3 Å². The molecule has 1 aliphatic rings. The summed E-state index contributed by atoms with van der Waals surface area (Å²) in [5.74, 6) is 0.0445. The second kappa shape index (κ2) is 5.28. The first-order valence-corrected chi connectivity index (χ1v) is 7.89. The molecule has 1 heterocycles. The lowest BCUT2D eigenvalue weighted by atomic mass is 10.1. The van der Waals surface area contributed by atoms with Gasteiger partial charge in [0.25, 0.3) is 0 Å². The zero-order valence-electron chi connectivity index (χ0n) is 9.73. The molecule has 1 unspecified atom stereocenters. The van der Waals surface area contributed by atoms with E-state index in [4.69, 9.17) is 11.6 Å². The summed E-state index contributed by atoms with van der Waals surface area (Å²) >= 11 is 5.82. The molecule has 0 aliphatic carbocycles. The first-order valence-electron chi connectivity index (χ1n) is 5.69. The average molecular weight is 288 g/mol. The van der Waals surface area contributed by atoms with E-state index in [1.807, 2.05) is 6.07 Å². The molecule has 6 heteroatoms. The maximum atomic E-state index is 11.7. The zero-order chi connectivity index (χ0) is 13.2. The lowest BCUT2D eigenvalue weighted by Crippen LogP contribution is -2.36. The van der Waals surface area contributed by atoms with E-state index in [9.17, 15) is 13.2 Å². The maximum absolute atomic E-state index is 11.7. The van der Waals surface area contributed by atoms with Crippen LogP contribution in [0.3, 0.4) is 0 Å². The van der Waals surface area contributed by atoms with Crippen molar-refractivity contribution in [3.8, 4) is 0 Å². The second-order valence-corrected chi connectivity index (χ2v) is 7.14. The molecule has 1 aromatic carbocycles. The molecule has 1 fully saturated rings. The van der Waals surface area contributed by atoms with Crippen LogP contribution in [0, 0.1) is 0 Å². The Bertz CT molecular complexity index is 556. The van der Waals surface area contributed by atoms with Gasteiger partial charge in [0.15, 0.2) is 9.84 Å². The number of hydrogen-bond donors (Lipinski definition) is 1. The van der Waals surface area contributed by atoms with Gasteiger partial charge in [-0.1, -0.05) is 23.7 Å². The predicted octanol–water partition coefficient (Wildman–Crippen LogP) is 1.19. The predicted molar refractivity (Wildman–Crippen MR) is 70.4 cm³/mol. The molecule has 4 nitrogen and oxygen atoms in total. The first-order chi connectivity index (χ1) is 8.44. The van der Waals surface area contributed by atoms with E-state index in [1.165, 1.54) is 0 Å². The molecule has 0 radical (unpaired) electrons. The van der Waals surface area contributed by atoms with E-state index in [2.05, 4.69) is 5.32 Å². The van der Waals surface area contributed by atoms with Crippen molar-refractivity contribution in [1.29, 1.82) is 0 Å². The highest BCUT2D eigenvalue weighted by molar-refractivity contribution is 7.91. The van der Waals surface area contributed by atoms with E-state index in [0.717, 1.165) is 5.56 Å². The van der Waals surface area contributed by atoms with E-state index in [1.54, 1.807) is 18.2 Å². The van der Waals surface area contributed by atoms with Crippen LogP contribution in [0.25, 0.3) is 0 Å². The molecule has 98 valence electrons. The number of rotatable bonds is 3. The molecule has 1 atom stereocenters. The van der Waals surface area contributed by atoms with E-state index in [0.29, 0.717) is 11.4 Å². The second-order valence-electron chi connectivity index (χ2n) is 4.47. The third-order valence-electron chi connectivity index (χ3n) is 2.85. The fourth-order valence-corrected chi connectivity index (χ4v) is 3.91. The minimum absolute atomic E-state index is 0.0499. The number of nitrogens with one attached hydrogen (secondary N) is 1. The van der Waals surface area contributed by atoms with Gasteiger partial charge in [-0.3, -0.25) is 4.79 Å². The Hall–Kier alpha value is -1.07. The Morgan fingerprint density at radius 2 is 2.22 bits per heavy atom. The van der Waals surface area contributed by atoms with E-state index < -0.39 is 9.84 Å². The van der Waals surface area contributed by atoms with Crippen LogP contribution in [0.2, 0.25) is 5.02 Å². The van der Waals surface area contributed by atoms with Crippen molar-refractivity contribution in [2.24, 2.45) is 0 Å². The standard InChI is InChI=1S/C12H14ClNO3S/c13-10-3-1-2-9(6-10)7-12(15)14-11-4-5-18(16,17)8-11/h1-3,6,11H,4-5,7-8H2,(H,14,15). The molecule has 0 spiro atoms. The van der Waals surface area contributed by atoms with Gasteiger partial charge in [0.1, 0.15) is 0 Å². The number of carbonyl (C=O) groups excluding carboxylic acids is 1. The molecule has 1 aromatic rings. The molecule has 0 bridgehead atoms. The number of hydrogen-bond acceptors (Lipinski definition) is 3. The molecule has 2 rings (SSSR count). The van der Waals surface area contributed by atoms with Gasteiger partial charge in [-0.15, -0.1) is 0 Å². The molecular formula is C12H14ClNO3S. The summed E-state index contributed by atoms with van der Waals surface area (Å²) in [5, 5.41) is 3.33. The number of amides is 1. The molecule has 1 aliphatic heterocycles. The highest BCUT2D eigenvalue weighted by Crippen LogP contribution is 2.13. The van der Waals surface area contributed by atoms with Gasteiger partial charge in [0.2, 0.25) is 5.91 Å². The molecule has 0 saturated carbocycles. The Balaban J connectivity index is 1.90. The number of sulfone groups is 1. The molecule has 1 amide bonds. The smallest absolute Gasteiger partial charge is 0.224 e. The summed E-state index contributed by atoms with van der Waals surface area (Å²) in [4.78, 5) is 11.7. The third-order valence-corrected chi connectivity index (χ3v) is 4.85. The van der Waals surface area contributed by atoms with Crippen molar-refractivity contribution in [3.05, 3.63) is 34.9 Å². The van der Waals surface area contributed by atoms with Crippen molar-refractivity contribution in [2.75, 3.05) is 11.5 Å². The minimum Gasteiger partial charge on any atom is -0.352 e. The Labute approximate surface area is 111 Å². The Morgan fingerprint density at radius 3 is 2.83 bits per heavy atom. The van der Waals surface area contributed by atoms with Gasteiger partial charge in [0, 0.05) is 11.1 Å². The number of benzene rings is 1. The van der Waals surface area contributed by atoms with Crippen molar-refractivity contribution in [3.63, 3.8) is 0 Å². The summed E-state index contributed by atoms with van der Waals surface area (Å²) < 4.78 is 22.5. The van der Waals surface area contributed by atoms with Gasteiger partial charge in [-0.2, -0.15) is 0 Å². The molecule has 1 saturated heterocycles. The van der Waals surface area contributed by atoms with Crippen molar-refractivity contribution < 1.29 is 13.2 Å². The van der Waals surface area contributed by atoms with Crippen LogP contribution in [0.15, 0.2) is 24.3 Å². The molecular weight excluding hydrogens is 274 g/mol. The largest absolute Gasteiger partial charge is 0.352 e. The van der Waals surface area contributed by atoms with Crippen LogP contribution in [-0.4, -0.2) is 31.9 Å². The van der Waals surface area contributed by atoms with Gasteiger partial charge in [-0.25, -0.2) is 8.42 Å². The summed E-state index contributed by atoms with van der Waals surface area (Å²) in [6, 6.07) is 6.82. The third kappa shape index (κ3) is 3.71. The lowest BCUT2D eigenvalue weighted by Gasteiger charge is -2.10. The van der Waals surface area contributed by atoms with Crippen LogP contribution in [-0.2, 0) is 21.1 Å². The first kappa shape index (κ1) is 13.4. The van der Waals surface area contributed by atoms with Crippen molar-refractivity contribution in [1.82, 2.24) is 5.32 Å². The summed E-state index contributed by atoms with van der Waals surface area (Å²) in [7, 11) is -2.96. The Kier molecular flexibility index (Phi) is 3.92. The minimum atomic E-state index is -2.96. The number of halogens is 1. The fourth-order valence-electron chi connectivity index (χ4n) is 2.02. The number of carbonyl (C=O) groups is 1. The zero-order valence-corrected chi connectivity index (χ0v) is 11.3. The van der Waals surface area contributed by atoms with Crippen LogP contribution in [0.1, 0.15) is 12.0 Å². The normalized spacial score (nSPS) is 21.7. The SMILES string of the molecule is O=C(Cc1cccc(Cl)c1)NC1CCS(=O)(=O)C1. The van der Waals surface area contributed by atoms with Gasteiger partial charge in [0.05, 0.1) is 17.9 Å². The van der Waals surface area contributed by atoms with Gasteiger partial charge in [-0.05, 0) is 24.1 Å². The maximum Gasteiger partial charge on any atom is 0.224 e. The molecule has 1 N–H and O–H groups in total. The highest BCUT2D eigenvalue weighted by atomic mass is 35.5. The summed E-state index contributed by atoms with van der Waals surface area (Å²) in [6.45, 7) is 0.